The summed E-state index contributed by atoms with van der Waals surface area (Å²) in [6.07, 6.45) is 1.73. The maximum absolute atomic E-state index is 11.6. The first-order valence-corrected chi connectivity index (χ1v) is 6.15. The zero-order valence-corrected chi connectivity index (χ0v) is 11.2. The quantitative estimate of drug-likeness (QED) is 0.656. The third-order valence-electron chi connectivity index (χ3n) is 3.28. The first-order chi connectivity index (χ1) is 8.40. The Labute approximate surface area is 107 Å². The topological polar surface area (TPSA) is 78.9 Å². The molecule has 2 atom stereocenters. The maximum atomic E-state index is 11.6. The Morgan fingerprint density at radius 3 is 2.78 bits per heavy atom. The van der Waals surface area contributed by atoms with Gasteiger partial charge in [-0.2, -0.15) is 0 Å². The molecule has 2 unspecified atom stereocenters. The van der Waals surface area contributed by atoms with Crippen LogP contribution >= 0.6 is 0 Å². The second-order valence-corrected chi connectivity index (χ2v) is 4.95. The van der Waals surface area contributed by atoms with Gasteiger partial charge in [0.2, 0.25) is 5.91 Å². The Kier molecular flexibility index (Phi) is 5.10. The van der Waals surface area contributed by atoms with Crippen LogP contribution in [0.3, 0.4) is 0 Å². The van der Waals surface area contributed by atoms with E-state index in [1.165, 1.54) is 14.0 Å². The molecule has 0 aromatic rings. The molecule has 1 fully saturated rings. The fourth-order valence-corrected chi connectivity index (χ4v) is 2.34. The fourth-order valence-electron chi connectivity index (χ4n) is 2.34. The molecule has 1 saturated heterocycles. The second kappa shape index (κ2) is 6.15. The molecule has 0 bridgehead atoms. The maximum Gasteiger partial charge on any atom is 0.338 e. The number of rotatable bonds is 4. The Hall–Kier alpha value is -1.14. The van der Waals surface area contributed by atoms with Gasteiger partial charge in [-0.1, -0.05) is 0 Å². The van der Waals surface area contributed by atoms with Crippen LogP contribution in [0.25, 0.3) is 0 Å². The molecule has 2 N–H and O–H groups in total. The summed E-state index contributed by atoms with van der Waals surface area (Å²) in [7, 11) is 2.87. The molecule has 0 aliphatic carbocycles. The summed E-state index contributed by atoms with van der Waals surface area (Å²) in [6, 6.07) is 0. The standard InChI is InChI=1S/C12H22N2O4/c1-12(17,11(16)18-3)8-14-6-4-5-9(7-14)10(15)13-2/h9,17H,4-8H2,1-3H3,(H,13,15). The van der Waals surface area contributed by atoms with Gasteiger partial charge in [-0.25, -0.2) is 4.79 Å². The molecule has 1 aliphatic rings. The van der Waals surface area contributed by atoms with Crippen molar-refractivity contribution in [3.05, 3.63) is 0 Å². The second-order valence-electron chi connectivity index (χ2n) is 4.95. The van der Waals surface area contributed by atoms with Gasteiger partial charge < -0.3 is 15.2 Å². The van der Waals surface area contributed by atoms with Gasteiger partial charge >= 0.3 is 5.97 Å². The minimum atomic E-state index is -1.53. The average molecular weight is 258 g/mol. The zero-order valence-electron chi connectivity index (χ0n) is 11.2. The van der Waals surface area contributed by atoms with E-state index in [-0.39, 0.29) is 18.4 Å². The summed E-state index contributed by atoms with van der Waals surface area (Å²) in [5.41, 5.74) is -1.53. The van der Waals surface area contributed by atoms with Crippen LogP contribution in [-0.4, -0.2) is 61.3 Å². The number of aliphatic hydroxyl groups is 1. The van der Waals surface area contributed by atoms with Crippen molar-refractivity contribution in [3.8, 4) is 0 Å². The third-order valence-corrected chi connectivity index (χ3v) is 3.28. The number of β-amino-alcohol motifs (C(OH)–C–C–N with tert-alkyl or cyclic N) is 1. The highest BCUT2D eigenvalue weighted by molar-refractivity contribution is 5.79. The van der Waals surface area contributed by atoms with Gasteiger partial charge in [-0.05, 0) is 26.3 Å². The highest BCUT2D eigenvalue weighted by Gasteiger charge is 2.36. The number of piperidine rings is 1. The van der Waals surface area contributed by atoms with E-state index in [0.717, 1.165) is 19.4 Å². The van der Waals surface area contributed by atoms with E-state index in [1.807, 2.05) is 4.90 Å². The number of hydrogen-bond acceptors (Lipinski definition) is 5. The van der Waals surface area contributed by atoms with Crippen molar-refractivity contribution in [2.24, 2.45) is 5.92 Å². The molecule has 104 valence electrons. The van der Waals surface area contributed by atoms with E-state index >= 15 is 0 Å². The summed E-state index contributed by atoms with van der Waals surface area (Å²) in [4.78, 5) is 24.9. The lowest BCUT2D eigenvalue weighted by molar-refractivity contribution is -0.162. The van der Waals surface area contributed by atoms with Gasteiger partial charge in [-0.15, -0.1) is 0 Å². The minimum Gasteiger partial charge on any atom is -0.467 e. The zero-order chi connectivity index (χ0) is 13.8. The summed E-state index contributed by atoms with van der Waals surface area (Å²) >= 11 is 0. The molecule has 1 amide bonds. The van der Waals surface area contributed by atoms with Gasteiger partial charge in [0, 0.05) is 20.1 Å². The van der Waals surface area contributed by atoms with E-state index in [0.29, 0.717) is 6.54 Å². The van der Waals surface area contributed by atoms with Crippen molar-refractivity contribution < 1.29 is 19.4 Å². The molecular weight excluding hydrogens is 236 g/mol. The van der Waals surface area contributed by atoms with Gasteiger partial charge in [0.05, 0.1) is 13.0 Å². The van der Waals surface area contributed by atoms with Gasteiger partial charge in [0.25, 0.3) is 0 Å². The number of hydrogen-bond donors (Lipinski definition) is 2. The van der Waals surface area contributed by atoms with Gasteiger partial charge in [0.15, 0.2) is 5.60 Å². The van der Waals surface area contributed by atoms with Crippen LogP contribution in [0.1, 0.15) is 19.8 Å². The summed E-state index contributed by atoms with van der Waals surface area (Å²) in [6.45, 7) is 2.96. The van der Waals surface area contributed by atoms with Crippen molar-refractivity contribution in [2.45, 2.75) is 25.4 Å². The molecule has 1 aliphatic heterocycles. The molecule has 6 heteroatoms. The molecule has 0 aromatic heterocycles. The van der Waals surface area contributed by atoms with E-state index in [2.05, 4.69) is 10.1 Å². The molecule has 1 rings (SSSR count). The molecule has 6 nitrogen and oxygen atoms in total. The summed E-state index contributed by atoms with van der Waals surface area (Å²) in [5.74, 6) is -0.709. The smallest absolute Gasteiger partial charge is 0.338 e. The van der Waals surface area contributed by atoms with Gasteiger partial charge in [-0.3, -0.25) is 9.69 Å². The van der Waals surface area contributed by atoms with Crippen LogP contribution in [0, 0.1) is 5.92 Å². The van der Waals surface area contributed by atoms with Crippen LogP contribution in [0.4, 0.5) is 0 Å². The van der Waals surface area contributed by atoms with E-state index < -0.39 is 11.6 Å². The Morgan fingerprint density at radius 2 is 2.22 bits per heavy atom. The SMILES string of the molecule is CNC(=O)C1CCCN(CC(C)(O)C(=O)OC)C1. The number of nitrogens with one attached hydrogen (secondary N) is 1. The van der Waals surface area contributed by atoms with Crippen LogP contribution in [-0.2, 0) is 14.3 Å². The Bertz CT molecular complexity index is 317. The summed E-state index contributed by atoms with van der Waals surface area (Å²) < 4.78 is 4.56. The Balaban J connectivity index is 2.57. The number of amides is 1. The molecule has 0 radical (unpaired) electrons. The Morgan fingerprint density at radius 1 is 1.56 bits per heavy atom. The first-order valence-electron chi connectivity index (χ1n) is 6.15. The van der Waals surface area contributed by atoms with Crippen LogP contribution in [0.15, 0.2) is 0 Å². The molecule has 1 heterocycles. The number of esters is 1. The lowest BCUT2D eigenvalue weighted by Gasteiger charge is -2.35. The average Bonchev–Trinajstić information content (AvgIpc) is 2.36. The number of carbonyl (C=O) groups is 2. The van der Waals surface area contributed by atoms with Crippen LogP contribution in [0.2, 0.25) is 0 Å². The van der Waals surface area contributed by atoms with E-state index in [9.17, 15) is 14.7 Å². The predicted octanol–water partition coefficient (Wildman–Crippen LogP) is -0.632. The highest BCUT2D eigenvalue weighted by atomic mass is 16.5. The molecule has 0 aromatic carbocycles. The monoisotopic (exact) mass is 258 g/mol. The lowest BCUT2D eigenvalue weighted by atomic mass is 9.95. The van der Waals surface area contributed by atoms with Gasteiger partial charge in [0.1, 0.15) is 0 Å². The first kappa shape index (κ1) is 14.9. The van der Waals surface area contributed by atoms with Crippen molar-refractivity contribution in [3.63, 3.8) is 0 Å². The van der Waals surface area contributed by atoms with E-state index in [4.69, 9.17) is 0 Å². The molecule has 0 spiro atoms. The molecule has 18 heavy (non-hydrogen) atoms. The fraction of sp³-hybridized carbons (Fsp3) is 0.833. The predicted molar refractivity (Wildman–Crippen MR) is 65.9 cm³/mol. The number of nitrogens with zero attached hydrogens (tertiary/aromatic N) is 1. The largest absolute Gasteiger partial charge is 0.467 e. The van der Waals surface area contributed by atoms with Crippen LogP contribution < -0.4 is 5.32 Å². The number of carbonyl (C=O) groups excluding carboxylic acids is 2. The number of methoxy groups -OCH3 is 1. The third kappa shape index (κ3) is 3.68. The van der Waals surface area contributed by atoms with Crippen LogP contribution in [0.5, 0.6) is 0 Å². The van der Waals surface area contributed by atoms with Crippen molar-refractivity contribution in [2.75, 3.05) is 33.8 Å². The van der Waals surface area contributed by atoms with Crippen molar-refractivity contribution in [1.29, 1.82) is 0 Å². The van der Waals surface area contributed by atoms with E-state index in [1.54, 1.807) is 7.05 Å². The number of likely N-dealkylation sites (tertiary alicyclic amines) is 1. The minimum absolute atomic E-state index is 0.0115. The summed E-state index contributed by atoms with van der Waals surface area (Å²) in [5, 5.41) is 12.6. The molecular formula is C12H22N2O4. The van der Waals surface area contributed by atoms with Crippen molar-refractivity contribution >= 4 is 11.9 Å². The normalized spacial score (nSPS) is 24.1. The lowest BCUT2D eigenvalue weighted by Crippen LogP contribution is -2.51. The highest BCUT2D eigenvalue weighted by Crippen LogP contribution is 2.19. The molecule has 0 saturated carbocycles. The number of ether oxygens (including phenoxy) is 1. The van der Waals surface area contributed by atoms with Crippen molar-refractivity contribution in [1.82, 2.24) is 10.2 Å².